The summed E-state index contributed by atoms with van der Waals surface area (Å²) in [4.78, 5) is 18.9. The number of aromatic nitrogens is 1. The van der Waals surface area contributed by atoms with Gasteiger partial charge in [-0.1, -0.05) is 61.0 Å². The van der Waals surface area contributed by atoms with Gasteiger partial charge < -0.3 is 9.67 Å². The van der Waals surface area contributed by atoms with Gasteiger partial charge in [-0.25, -0.2) is 14.5 Å². The van der Waals surface area contributed by atoms with Gasteiger partial charge in [0, 0.05) is 18.3 Å². The van der Waals surface area contributed by atoms with Crippen molar-refractivity contribution >= 4 is 17.3 Å². The van der Waals surface area contributed by atoms with E-state index in [1.54, 1.807) is 17.7 Å². The van der Waals surface area contributed by atoms with Gasteiger partial charge in [0.15, 0.2) is 5.69 Å². The summed E-state index contributed by atoms with van der Waals surface area (Å²) in [7, 11) is 1.69. The first-order valence-corrected chi connectivity index (χ1v) is 8.88. The van der Waals surface area contributed by atoms with E-state index in [9.17, 15) is 9.90 Å². The molecule has 0 aliphatic rings. The molecule has 0 amide bonds. The van der Waals surface area contributed by atoms with Gasteiger partial charge in [-0.3, -0.25) is 0 Å². The van der Waals surface area contributed by atoms with Gasteiger partial charge >= 0.3 is 5.97 Å². The number of hydrogen-bond acceptors (Lipinski definition) is 1. The van der Waals surface area contributed by atoms with Crippen LogP contribution in [-0.2, 0) is 19.9 Å². The fourth-order valence-corrected chi connectivity index (χ4v) is 3.53. The fourth-order valence-electron chi connectivity index (χ4n) is 3.53. The summed E-state index contributed by atoms with van der Waals surface area (Å²) in [5.41, 5.74) is 5.17. The van der Waals surface area contributed by atoms with Crippen LogP contribution in [-0.4, -0.2) is 15.6 Å². The summed E-state index contributed by atoms with van der Waals surface area (Å²) in [5.74, 6) is -1.04. The number of hydrogen-bond donors (Lipinski definition) is 1. The first-order valence-electron chi connectivity index (χ1n) is 8.88. The highest BCUT2D eigenvalue weighted by Crippen LogP contribution is 2.39. The number of carbonyl (C=O) groups is 1. The Labute approximate surface area is 164 Å². The smallest absolute Gasteiger partial charge is 0.351 e. The lowest BCUT2D eigenvalue weighted by atomic mass is 9.99. The summed E-state index contributed by atoms with van der Waals surface area (Å²) >= 11 is 0. The van der Waals surface area contributed by atoms with Gasteiger partial charge in [0.2, 0.25) is 5.69 Å². The van der Waals surface area contributed by atoms with Crippen LogP contribution in [0.1, 0.15) is 34.2 Å². The van der Waals surface area contributed by atoms with Crippen LogP contribution < -0.4 is 0 Å². The largest absolute Gasteiger partial charge is 0.477 e. The number of benzene rings is 2. The summed E-state index contributed by atoms with van der Waals surface area (Å²) < 4.78 is 1.61. The maximum Gasteiger partial charge on any atom is 0.351 e. The van der Waals surface area contributed by atoms with Gasteiger partial charge in [-0.2, -0.15) is 0 Å². The normalized spacial score (nSPS) is 10.3. The first kappa shape index (κ1) is 18.9. The molecule has 138 valence electrons. The zero-order valence-corrected chi connectivity index (χ0v) is 15.7. The van der Waals surface area contributed by atoms with Gasteiger partial charge in [0.05, 0.1) is 13.1 Å². The topological polar surface area (TPSA) is 51.0 Å². The van der Waals surface area contributed by atoms with Crippen molar-refractivity contribution in [1.29, 1.82) is 0 Å². The summed E-state index contributed by atoms with van der Waals surface area (Å²) in [6.07, 6.45) is 1.27. The van der Waals surface area contributed by atoms with E-state index in [1.165, 1.54) is 0 Å². The molecule has 0 bridgehead atoms. The monoisotopic (exact) mass is 369 g/mol. The highest BCUT2D eigenvalue weighted by molar-refractivity contribution is 6.00. The minimum atomic E-state index is -1.04. The van der Waals surface area contributed by atoms with Crippen LogP contribution in [0, 0.1) is 13.1 Å². The Kier molecular flexibility index (Phi) is 5.29. The van der Waals surface area contributed by atoms with Gasteiger partial charge in [-0.15, -0.1) is 0 Å². The Balaban J connectivity index is 2.01. The molecule has 3 aromatic rings. The minimum Gasteiger partial charge on any atom is -0.477 e. The highest BCUT2D eigenvalue weighted by Gasteiger charge is 2.25. The van der Waals surface area contributed by atoms with Gasteiger partial charge in [0.1, 0.15) is 5.69 Å². The standard InChI is InChI=1S/C23H19N3O2/c1-5-19-21(25-3)20(22(23(27)28)26(19)4)17-11-9-15(10-12-17)13-16-7-6-8-18(14-16)24-2/h6-12,14H,5,13H2,1,4H3,(H,27,28). The van der Waals surface area contributed by atoms with Crippen molar-refractivity contribution in [3.8, 4) is 11.1 Å². The van der Waals surface area contributed by atoms with Crippen LogP contribution in [0.15, 0.2) is 48.5 Å². The van der Waals surface area contributed by atoms with Crippen molar-refractivity contribution in [2.75, 3.05) is 0 Å². The number of rotatable bonds is 5. The molecular formula is C23H19N3O2. The zero-order chi connectivity index (χ0) is 20.3. The Morgan fingerprint density at radius 1 is 1.07 bits per heavy atom. The van der Waals surface area contributed by atoms with Crippen molar-refractivity contribution in [2.45, 2.75) is 19.8 Å². The van der Waals surface area contributed by atoms with Crippen molar-refractivity contribution < 1.29 is 9.90 Å². The zero-order valence-electron chi connectivity index (χ0n) is 15.7. The summed E-state index contributed by atoms with van der Waals surface area (Å²) in [5, 5.41) is 9.69. The van der Waals surface area contributed by atoms with Crippen molar-refractivity contribution in [3.05, 3.63) is 93.9 Å². The lowest BCUT2D eigenvalue weighted by molar-refractivity contribution is 0.0687. The quantitative estimate of drug-likeness (QED) is 0.591. The van der Waals surface area contributed by atoms with Crippen LogP contribution in [0.4, 0.5) is 11.4 Å². The van der Waals surface area contributed by atoms with E-state index in [0.29, 0.717) is 29.8 Å². The average Bonchev–Trinajstić information content (AvgIpc) is 3.00. The minimum absolute atomic E-state index is 0.139. The lowest BCUT2D eigenvalue weighted by Crippen LogP contribution is -2.07. The molecule has 1 N–H and O–H groups in total. The second-order valence-electron chi connectivity index (χ2n) is 6.50. The number of carboxylic acid groups (broad SMARTS) is 1. The van der Waals surface area contributed by atoms with Crippen LogP contribution in [0.2, 0.25) is 0 Å². The molecule has 0 spiro atoms. The average molecular weight is 369 g/mol. The molecule has 0 aliphatic heterocycles. The molecule has 0 radical (unpaired) electrons. The van der Waals surface area contributed by atoms with E-state index in [4.69, 9.17) is 13.1 Å². The molecule has 0 aliphatic carbocycles. The second-order valence-corrected chi connectivity index (χ2v) is 6.50. The van der Waals surface area contributed by atoms with E-state index < -0.39 is 5.97 Å². The molecule has 0 unspecified atom stereocenters. The Morgan fingerprint density at radius 3 is 2.36 bits per heavy atom. The molecule has 0 atom stereocenters. The summed E-state index contributed by atoms with van der Waals surface area (Å²) in [6.45, 7) is 16.6. The molecule has 2 aromatic carbocycles. The molecule has 1 heterocycles. The van der Waals surface area contributed by atoms with Gasteiger partial charge in [-0.05, 0) is 24.0 Å². The third-order valence-corrected chi connectivity index (χ3v) is 4.83. The Bertz CT molecular complexity index is 1130. The maximum absolute atomic E-state index is 11.8. The molecular weight excluding hydrogens is 350 g/mol. The van der Waals surface area contributed by atoms with E-state index >= 15 is 0 Å². The number of aromatic carboxylic acids is 1. The molecule has 0 saturated carbocycles. The third-order valence-electron chi connectivity index (χ3n) is 4.83. The van der Waals surface area contributed by atoms with Crippen LogP contribution in [0.25, 0.3) is 20.8 Å². The SMILES string of the molecule is [C-]#[N+]c1cccc(Cc2ccc(-c3c([N+]#[C-])c(CC)n(C)c3C(=O)O)cc2)c1. The predicted molar refractivity (Wildman–Crippen MR) is 109 cm³/mol. The Morgan fingerprint density at radius 2 is 1.79 bits per heavy atom. The Hall–Kier alpha value is -3.83. The number of carboxylic acids is 1. The van der Waals surface area contributed by atoms with E-state index in [-0.39, 0.29) is 5.69 Å². The van der Waals surface area contributed by atoms with Crippen molar-refractivity contribution in [3.63, 3.8) is 0 Å². The van der Waals surface area contributed by atoms with Crippen LogP contribution >= 0.6 is 0 Å². The molecule has 3 rings (SSSR count). The van der Waals surface area contributed by atoms with E-state index in [0.717, 1.165) is 22.4 Å². The molecule has 0 fully saturated rings. The first-order chi connectivity index (χ1) is 13.5. The van der Waals surface area contributed by atoms with E-state index in [1.807, 2.05) is 49.4 Å². The second kappa shape index (κ2) is 7.82. The van der Waals surface area contributed by atoms with Crippen LogP contribution in [0.3, 0.4) is 0 Å². The van der Waals surface area contributed by atoms with Crippen molar-refractivity contribution in [2.24, 2.45) is 7.05 Å². The summed E-state index contributed by atoms with van der Waals surface area (Å²) in [6, 6.07) is 15.1. The highest BCUT2D eigenvalue weighted by atomic mass is 16.4. The predicted octanol–water partition coefficient (Wildman–Crippen LogP) is 5.65. The van der Waals surface area contributed by atoms with Crippen molar-refractivity contribution in [1.82, 2.24) is 4.57 Å². The lowest BCUT2D eigenvalue weighted by Gasteiger charge is -2.07. The van der Waals surface area contributed by atoms with Gasteiger partial charge in [0.25, 0.3) is 0 Å². The number of nitrogens with zero attached hydrogens (tertiary/aromatic N) is 3. The molecule has 28 heavy (non-hydrogen) atoms. The fraction of sp³-hybridized carbons (Fsp3) is 0.174. The molecule has 0 saturated heterocycles. The van der Waals surface area contributed by atoms with Crippen LogP contribution in [0.5, 0.6) is 0 Å². The maximum atomic E-state index is 11.8. The molecule has 5 heteroatoms. The molecule has 1 aromatic heterocycles. The third kappa shape index (κ3) is 3.39. The van der Waals surface area contributed by atoms with E-state index in [2.05, 4.69) is 9.69 Å². The molecule has 5 nitrogen and oxygen atoms in total.